The fourth-order valence-corrected chi connectivity index (χ4v) is 2.82. The Morgan fingerprint density at radius 2 is 1.78 bits per heavy atom. The number of hydrogen-bond acceptors (Lipinski definition) is 4. The number of hydrogen-bond donors (Lipinski definition) is 2. The molecule has 0 atom stereocenters. The summed E-state index contributed by atoms with van der Waals surface area (Å²) in [7, 11) is 5.15. The van der Waals surface area contributed by atoms with E-state index < -0.39 is 0 Å². The predicted octanol–water partition coefficient (Wildman–Crippen LogP) is 1.85. The van der Waals surface area contributed by atoms with Crippen LogP contribution < -0.4 is 15.4 Å². The SMILES string of the molecule is CNC(=O)c1ccc(CN(C)CC(=O)NCCc2ccccc2OC)cc1. The van der Waals surface area contributed by atoms with Gasteiger partial charge in [-0.3, -0.25) is 14.5 Å². The second kappa shape index (κ2) is 10.3. The monoisotopic (exact) mass is 369 g/mol. The van der Waals surface area contributed by atoms with E-state index in [2.05, 4.69) is 10.6 Å². The van der Waals surface area contributed by atoms with Crippen molar-refractivity contribution in [1.82, 2.24) is 15.5 Å². The highest BCUT2D eigenvalue weighted by Gasteiger charge is 2.09. The zero-order valence-corrected chi connectivity index (χ0v) is 16.1. The first kappa shape index (κ1) is 20.5. The van der Waals surface area contributed by atoms with Crippen molar-refractivity contribution in [3.8, 4) is 5.75 Å². The van der Waals surface area contributed by atoms with Crippen LogP contribution in [0, 0.1) is 0 Å². The minimum absolute atomic E-state index is 0.0191. The predicted molar refractivity (Wildman–Crippen MR) is 106 cm³/mol. The van der Waals surface area contributed by atoms with Crippen molar-refractivity contribution in [2.75, 3.05) is 34.3 Å². The molecule has 2 rings (SSSR count). The zero-order chi connectivity index (χ0) is 19.6. The van der Waals surface area contributed by atoms with E-state index in [0.29, 0.717) is 25.2 Å². The first-order valence-corrected chi connectivity index (χ1v) is 8.91. The van der Waals surface area contributed by atoms with Crippen molar-refractivity contribution in [3.63, 3.8) is 0 Å². The molecule has 0 spiro atoms. The van der Waals surface area contributed by atoms with Crippen LogP contribution in [0.25, 0.3) is 0 Å². The summed E-state index contributed by atoms with van der Waals surface area (Å²) < 4.78 is 5.32. The number of benzene rings is 2. The molecule has 2 amide bonds. The van der Waals surface area contributed by atoms with E-state index in [1.54, 1.807) is 26.3 Å². The Kier molecular flexibility index (Phi) is 7.82. The molecule has 0 radical (unpaired) electrons. The zero-order valence-electron chi connectivity index (χ0n) is 16.1. The van der Waals surface area contributed by atoms with Crippen LogP contribution in [-0.4, -0.2) is 51.0 Å². The molecule has 0 saturated heterocycles. The van der Waals surface area contributed by atoms with E-state index in [1.165, 1.54) is 0 Å². The molecule has 2 aromatic carbocycles. The van der Waals surface area contributed by atoms with Crippen molar-refractivity contribution in [1.29, 1.82) is 0 Å². The van der Waals surface area contributed by atoms with Gasteiger partial charge in [0.1, 0.15) is 5.75 Å². The molecule has 0 aliphatic heterocycles. The Hall–Kier alpha value is -2.86. The number of likely N-dealkylation sites (N-methyl/N-ethyl adjacent to an activating group) is 1. The second-order valence-corrected chi connectivity index (χ2v) is 6.36. The maximum Gasteiger partial charge on any atom is 0.251 e. The normalized spacial score (nSPS) is 10.5. The third-order valence-electron chi connectivity index (χ3n) is 4.22. The van der Waals surface area contributed by atoms with Crippen LogP contribution in [0.5, 0.6) is 5.75 Å². The molecule has 144 valence electrons. The average molecular weight is 369 g/mol. The smallest absolute Gasteiger partial charge is 0.251 e. The van der Waals surface area contributed by atoms with Crippen LogP contribution in [-0.2, 0) is 17.8 Å². The quantitative estimate of drug-likeness (QED) is 0.708. The number of carbonyl (C=O) groups excluding carboxylic acids is 2. The highest BCUT2D eigenvalue weighted by Crippen LogP contribution is 2.17. The van der Waals surface area contributed by atoms with Crippen molar-refractivity contribution < 1.29 is 14.3 Å². The van der Waals surface area contributed by atoms with Gasteiger partial charge in [-0.05, 0) is 42.8 Å². The van der Waals surface area contributed by atoms with E-state index in [0.717, 1.165) is 23.3 Å². The molecule has 0 unspecified atom stereocenters. The molecule has 0 saturated carbocycles. The van der Waals surface area contributed by atoms with E-state index >= 15 is 0 Å². The van der Waals surface area contributed by atoms with E-state index in [-0.39, 0.29) is 11.8 Å². The standard InChI is InChI=1S/C21H27N3O3/c1-22-21(26)18-10-8-16(9-11-18)14-24(2)15-20(25)23-13-12-17-6-4-5-7-19(17)27-3/h4-11H,12-15H2,1-3H3,(H,22,26)(H,23,25). The number of amides is 2. The highest BCUT2D eigenvalue weighted by molar-refractivity contribution is 5.93. The van der Waals surface area contributed by atoms with Gasteiger partial charge in [0, 0.05) is 25.7 Å². The fraction of sp³-hybridized carbons (Fsp3) is 0.333. The topological polar surface area (TPSA) is 70.7 Å². The Balaban J connectivity index is 1.75. The third-order valence-corrected chi connectivity index (χ3v) is 4.22. The minimum atomic E-state index is -0.107. The average Bonchev–Trinajstić information content (AvgIpc) is 2.68. The molecule has 0 aliphatic carbocycles. The third kappa shape index (κ3) is 6.42. The van der Waals surface area contributed by atoms with Crippen molar-refractivity contribution >= 4 is 11.8 Å². The molecule has 27 heavy (non-hydrogen) atoms. The molecule has 2 aromatic rings. The summed E-state index contributed by atoms with van der Waals surface area (Å²) in [6.07, 6.45) is 0.723. The van der Waals surface area contributed by atoms with Gasteiger partial charge in [0.15, 0.2) is 0 Å². The summed E-state index contributed by atoms with van der Waals surface area (Å²) in [6.45, 7) is 1.50. The number of methoxy groups -OCH3 is 1. The first-order valence-electron chi connectivity index (χ1n) is 8.91. The van der Waals surface area contributed by atoms with Gasteiger partial charge < -0.3 is 15.4 Å². The van der Waals surface area contributed by atoms with E-state index in [1.807, 2.05) is 48.3 Å². The largest absolute Gasteiger partial charge is 0.496 e. The maximum atomic E-state index is 12.1. The number of para-hydroxylation sites is 1. The van der Waals surface area contributed by atoms with Crippen LogP contribution >= 0.6 is 0 Å². The lowest BCUT2D eigenvalue weighted by molar-refractivity contribution is -0.122. The Bertz CT molecular complexity index is 760. The minimum Gasteiger partial charge on any atom is -0.496 e. The fourth-order valence-electron chi connectivity index (χ4n) is 2.82. The molecule has 2 N–H and O–H groups in total. The molecule has 0 bridgehead atoms. The summed E-state index contributed by atoms with van der Waals surface area (Å²) in [5, 5.41) is 5.54. The Labute approximate surface area is 160 Å². The van der Waals surface area contributed by atoms with Crippen LogP contribution in [0.2, 0.25) is 0 Å². The van der Waals surface area contributed by atoms with Gasteiger partial charge in [0.05, 0.1) is 13.7 Å². The molecule has 0 fully saturated rings. The summed E-state index contributed by atoms with van der Waals surface area (Å²) in [4.78, 5) is 25.6. The lowest BCUT2D eigenvalue weighted by atomic mass is 10.1. The van der Waals surface area contributed by atoms with Crippen molar-refractivity contribution in [2.24, 2.45) is 0 Å². The molecular weight excluding hydrogens is 342 g/mol. The number of nitrogens with zero attached hydrogens (tertiary/aromatic N) is 1. The van der Waals surface area contributed by atoms with Crippen LogP contribution in [0.15, 0.2) is 48.5 Å². The summed E-state index contributed by atoms with van der Waals surface area (Å²) >= 11 is 0. The van der Waals surface area contributed by atoms with Crippen LogP contribution in [0.4, 0.5) is 0 Å². The van der Waals surface area contributed by atoms with Crippen LogP contribution in [0.1, 0.15) is 21.5 Å². The van der Waals surface area contributed by atoms with Crippen LogP contribution in [0.3, 0.4) is 0 Å². The summed E-state index contributed by atoms with van der Waals surface area (Å²) in [5.74, 6) is 0.711. The molecule has 6 heteroatoms. The van der Waals surface area contributed by atoms with Gasteiger partial charge in [-0.2, -0.15) is 0 Å². The lowest BCUT2D eigenvalue weighted by Crippen LogP contribution is -2.35. The van der Waals surface area contributed by atoms with Gasteiger partial charge >= 0.3 is 0 Å². The number of rotatable bonds is 9. The lowest BCUT2D eigenvalue weighted by Gasteiger charge is -2.17. The number of nitrogens with one attached hydrogen (secondary N) is 2. The van der Waals surface area contributed by atoms with Crippen molar-refractivity contribution in [2.45, 2.75) is 13.0 Å². The van der Waals surface area contributed by atoms with Gasteiger partial charge in [-0.1, -0.05) is 30.3 Å². The number of ether oxygens (including phenoxy) is 1. The van der Waals surface area contributed by atoms with Gasteiger partial charge in [0.2, 0.25) is 5.91 Å². The molecule has 6 nitrogen and oxygen atoms in total. The van der Waals surface area contributed by atoms with Gasteiger partial charge in [-0.15, -0.1) is 0 Å². The van der Waals surface area contributed by atoms with E-state index in [9.17, 15) is 9.59 Å². The van der Waals surface area contributed by atoms with Crippen molar-refractivity contribution in [3.05, 3.63) is 65.2 Å². The maximum absolute atomic E-state index is 12.1. The molecular formula is C21H27N3O3. The second-order valence-electron chi connectivity index (χ2n) is 6.36. The van der Waals surface area contributed by atoms with E-state index in [4.69, 9.17) is 4.74 Å². The number of carbonyl (C=O) groups is 2. The Morgan fingerprint density at radius 1 is 1.07 bits per heavy atom. The summed E-state index contributed by atoms with van der Waals surface area (Å²) in [6, 6.07) is 15.2. The highest BCUT2D eigenvalue weighted by atomic mass is 16.5. The molecule has 0 aliphatic rings. The van der Waals surface area contributed by atoms with Gasteiger partial charge in [-0.25, -0.2) is 0 Å². The van der Waals surface area contributed by atoms with Gasteiger partial charge in [0.25, 0.3) is 5.91 Å². The Morgan fingerprint density at radius 3 is 2.44 bits per heavy atom. The summed E-state index contributed by atoms with van der Waals surface area (Å²) in [5.41, 5.74) is 2.75. The first-order chi connectivity index (χ1) is 13.0. The molecule has 0 heterocycles. The molecule has 0 aromatic heterocycles.